The van der Waals surface area contributed by atoms with Crippen LogP contribution < -0.4 is 5.56 Å². The molecule has 0 fully saturated rings. The van der Waals surface area contributed by atoms with Gasteiger partial charge in [0.2, 0.25) is 0 Å². The number of nitrogens with one attached hydrogen (secondary N) is 1. The highest BCUT2D eigenvalue weighted by atomic mass is 79.9. The van der Waals surface area contributed by atoms with Gasteiger partial charge in [-0.05, 0) is 12.1 Å². The Bertz CT molecular complexity index is 727. The van der Waals surface area contributed by atoms with Crippen LogP contribution in [0.15, 0.2) is 51.9 Å². The molecule has 1 N–H and O–H groups in total. The van der Waals surface area contributed by atoms with E-state index in [4.69, 9.17) is 0 Å². The molecule has 0 bridgehead atoms. The Hall–Kier alpha value is -1.88. The average molecular weight is 290 g/mol. The van der Waals surface area contributed by atoms with E-state index in [0.717, 1.165) is 15.7 Å². The van der Waals surface area contributed by atoms with Crippen molar-refractivity contribution in [2.75, 3.05) is 0 Å². The number of H-pyrrole nitrogens is 1. The molecule has 84 valence electrons. The molecule has 0 aliphatic heterocycles. The minimum Gasteiger partial charge on any atom is -0.307 e. The second-order valence-electron chi connectivity index (χ2n) is 3.67. The van der Waals surface area contributed by atoms with Crippen LogP contribution in [0.25, 0.3) is 16.9 Å². The molecule has 2 aromatic heterocycles. The normalized spacial score (nSPS) is 10.9. The lowest BCUT2D eigenvalue weighted by Crippen LogP contribution is -2.05. The van der Waals surface area contributed by atoms with Crippen LogP contribution in [0.3, 0.4) is 0 Å². The Morgan fingerprint density at radius 2 is 1.94 bits per heavy atom. The van der Waals surface area contributed by atoms with Crippen LogP contribution in [0.1, 0.15) is 0 Å². The molecule has 0 aliphatic carbocycles. The monoisotopic (exact) mass is 289 g/mol. The predicted octanol–water partition coefficient (Wildman–Crippen LogP) is 2.45. The number of rotatable bonds is 1. The van der Waals surface area contributed by atoms with E-state index in [2.05, 4.69) is 26.0 Å². The maximum absolute atomic E-state index is 11.2. The number of aromatic amines is 1. The molecule has 1 aromatic carbocycles. The summed E-state index contributed by atoms with van der Waals surface area (Å²) in [5.41, 5.74) is 2.41. The fourth-order valence-electron chi connectivity index (χ4n) is 1.67. The molecule has 4 nitrogen and oxygen atoms in total. The van der Waals surface area contributed by atoms with Crippen molar-refractivity contribution in [3.63, 3.8) is 0 Å². The molecule has 0 radical (unpaired) electrons. The van der Waals surface area contributed by atoms with Crippen LogP contribution in [0.5, 0.6) is 0 Å². The van der Waals surface area contributed by atoms with Gasteiger partial charge in [0, 0.05) is 28.4 Å². The number of halogens is 1. The summed E-state index contributed by atoms with van der Waals surface area (Å²) in [5, 5.41) is 4.38. The van der Waals surface area contributed by atoms with Crippen LogP contribution in [0.4, 0.5) is 0 Å². The summed E-state index contributed by atoms with van der Waals surface area (Å²) in [6.07, 6.45) is 1.65. The van der Waals surface area contributed by atoms with Gasteiger partial charge in [0.25, 0.3) is 5.56 Å². The van der Waals surface area contributed by atoms with E-state index in [1.807, 2.05) is 30.3 Å². The first-order chi connectivity index (χ1) is 8.22. The lowest BCUT2D eigenvalue weighted by atomic mass is 10.2. The van der Waals surface area contributed by atoms with E-state index in [1.54, 1.807) is 10.7 Å². The van der Waals surface area contributed by atoms with E-state index < -0.39 is 0 Å². The van der Waals surface area contributed by atoms with Crippen LogP contribution >= 0.6 is 15.9 Å². The largest absolute Gasteiger partial charge is 0.307 e. The molecular formula is C12H8BrN3O. The number of benzene rings is 1. The topological polar surface area (TPSA) is 50.2 Å². The number of aromatic nitrogens is 3. The van der Waals surface area contributed by atoms with Crippen molar-refractivity contribution >= 4 is 21.6 Å². The van der Waals surface area contributed by atoms with Gasteiger partial charge in [0.1, 0.15) is 5.65 Å². The summed E-state index contributed by atoms with van der Waals surface area (Å²) in [6.45, 7) is 0. The zero-order chi connectivity index (χ0) is 11.8. The van der Waals surface area contributed by atoms with Gasteiger partial charge in [-0.3, -0.25) is 4.79 Å². The first-order valence-corrected chi connectivity index (χ1v) is 5.86. The second kappa shape index (κ2) is 3.85. The van der Waals surface area contributed by atoms with Crippen molar-refractivity contribution in [2.24, 2.45) is 0 Å². The highest BCUT2D eigenvalue weighted by molar-refractivity contribution is 9.10. The lowest BCUT2D eigenvalue weighted by Gasteiger charge is -1.95. The van der Waals surface area contributed by atoms with Crippen molar-refractivity contribution in [2.45, 2.75) is 0 Å². The van der Waals surface area contributed by atoms with Crippen LogP contribution in [-0.4, -0.2) is 14.6 Å². The summed E-state index contributed by atoms with van der Waals surface area (Å²) in [4.78, 5) is 13.9. The van der Waals surface area contributed by atoms with E-state index in [9.17, 15) is 4.79 Å². The average Bonchev–Trinajstić information content (AvgIpc) is 2.72. The van der Waals surface area contributed by atoms with Gasteiger partial charge in [-0.25, -0.2) is 4.52 Å². The fraction of sp³-hybridized carbons (Fsp3) is 0. The van der Waals surface area contributed by atoms with Gasteiger partial charge in [0.15, 0.2) is 0 Å². The Kier molecular flexibility index (Phi) is 2.33. The highest BCUT2D eigenvalue weighted by Gasteiger charge is 2.04. The van der Waals surface area contributed by atoms with Gasteiger partial charge in [-0.15, -0.1) is 0 Å². The summed E-state index contributed by atoms with van der Waals surface area (Å²) in [5.74, 6) is 0. The quantitative estimate of drug-likeness (QED) is 0.748. The zero-order valence-electron chi connectivity index (χ0n) is 8.72. The van der Waals surface area contributed by atoms with Gasteiger partial charge in [0.05, 0.1) is 5.69 Å². The van der Waals surface area contributed by atoms with E-state index in [1.165, 1.54) is 6.07 Å². The summed E-state index contributed by atoms with van der Waals surface area (Å²) in [7, 11) is 0. The van der Waals surface area contributed by atoms with Gasteiger partial charge >= 0.3 is 0 Å². The number of hydrogen-bond donors (Lipinski definition) is 1. The van der Waals surface area contributed by atoms with Gasteiger partial charge in [-0.1, -0.05) is 28.1 Å². The second-order valence-corrected chi connectivity index (χ2v) is 4.59. The molecular weight excluding hydrogens is 282 g/mol. The Morgan fingerprint density at radius 1 is 1.18 bits per heavy atom. The van der Waals surface area contributed by atoms with Crippen LogP contribution in [-0.2, 0) is 0 Å². The van der Waals surface area contributed by atoms with E-state index in [-0.39, 0.29) is 5.56 Å². The maximum Gasteiger partial charge on any atom is 0.251 e. The van der Waals surface area contributed by atoms with Gasteiger partial charge in [-0.2, -0.15) is 5.10 Å². The molecule has 2 heterocycles. The lowest BCUT2D eigenvalue weighted by molar-refractivity contribution is 0.934. The molecule has 0 amide bonds. The molecule has 3 aromatic rings. The van der Waals surface area contributed by atoms with Crippen molar-refractivity contribution < 1.29 is 0 Å². The molecule has 0 saturated carbocycles. The zero-order valence-corrected chi connectivity index (χ0v) is 10.3. The molecule has 3 rings (SSSR count). The predicted molar refractivity (Wildman–Crippen MR) is 68.9 cm³/mol. The smallest absolute Gasteiger partial charge is 0.251 e. The first-order valence-electron chi connectivity index (χ1n) is 5.07. The Balaban J connectivity index is 2.17. The number of nitrogens with zero attached hydrogens (tertiary/aromatic N) is 2. The molecule has 0 spiro atoms. The number of fused-ring (bicyclic) bond motifs is 1. The Labute approximate surface area is 105 Å². The van der Waals surface area contributed by atoms with Crippen molar-refractivity contribution in [1.29, 1.82) is 0 Å². The van der Waals surface area contributed by atoms with E-state index >= 15 is 0 Å². The van der Waals surface area contributed by atoms with Crippen molar-refractivity contribution in [3.8, 4) is 11.3 Å². The molecule has 17 heavy (non-hydrogen) atoms. The van der Waals surface area contributed by atoms with Crippen molar-refractivity contribution in [3.05, 3.63) is 57.4 Å². The molecule has 5 heteroatoms. The Morgan fingerprint density at radius 3 is 2.71 bits per heavy atom. The SMILES string of the molecule is O=c1ccn2nc(-c3ccc(Br)cc3)cc2[nH]1. The maximum atomic E-state index is 11.2. The molecule has 0 saturated heterocycles. The van der Waals surface area contributed by atoms with Gasteiger partial charge < -0.3 is 4.98 Å². The van der Waals surface area contributed by atoms with Crippen molar-refractivity contribution in [1.82, 2.24) is 14.6 Å². The van der Waals surface area contributed by atoms with Crippen LogP contribution in [0, 0.1) is 0 Å². The third kappa shape index (κ3) is 1.89. The third-order valence-electron chi connectivity index (χ3n) is 2.49. The fourth-order valence-corrected chi connectivity index (χ4v) is 1.93. The molecule has 0 unspecified atom stereocenters. The minimum absolute atomic E-state index is 0.125. The summed E-state index contributed by atoms with van der Waals surface area (Å²) < 4.78 is 2.68. The molecule has 0 atom stereocenters. The third-order valence-corrected chi connectivity index (χ3v) is 3.02. The van der Waals surface area contributed by atoms with Crippen LogP contribution in [0.2, 0.25) is 0 Å². The molecule has 0 aliphatic rings. The summed E-state index contributed by atoms with van der Waals surface area (Å²) in [6, 6.07) is 11.2. The highest BCUT2D eigenvalue weighted by Crippen LogP contribution is 2.20. The minimum atomic E-state index is -0.125. The standard InChI is InChI=1S/C12H8BrN3O/c13-9-3-1-8(2-4-9)10-7-11-14-12(17)5-6-16(11)15-10/h1-7H,(H,14,17). The first kappa shape index (κ1) is 10.3. The van der Waals surface area contributed by atoms with E-state index in [0.29, 0.717) is 5.65 Å². The number of hydrogen-bond acceptors (Lipinski definition) is 2. The summed E-state index contributed by atoms with van der Waals surface area (Å²) >= 11 is 3.39.